The van der Waals surface area contributed by atoms with E-state index < -0.39 is 24.0 Å². The van der Waals surface area contributed by atoms with E-state index in [9.17, 15) is 4.39 Å². The summed E-state index contributed by atoms with van der Waals surface area (Å²) in [6, 6.07) is 5.32. The molecule has 21 heavy (non-hydrogen) atoms. The van der Waals surface area contributed by atoms with Crippen LogP contribution < -0.4 is 4.74 Å². The van der Waals surface area contributed by atoms with E-state index in [0.29, 0.717) is 11.3 Å². The quantitative estimate of drug-likeness (QED) is 0.751. The van der Waals surface area contributed by atoms with Crippen molar-refractivity contribution in [2.75, 3.05) is 7.11 Å². The number of hydrogen-bond acceptors (Lipinski definition) is 3. The molecule has 0 atom stereocenters. The monoisotopic (exact) mass is 356 g/mol. The van der Waals surface area contributed by atoms with Crippen LogP contribution in [-0.2, 0) is 9.31 Å². The van der Waals surface area contributed by atoms with Crippen molar-refractivity contribution in [1.82, 2.24) is 0 Å². The fraction of sp³-hybridized carbons (Fsp3) is 0.467. The summed E-state index contributed by atoms with van der Waals surface area (Å²) in [5, 5.41) is 0. The first-order valence-corrected chi connectivity index (χ1v) is 7.52. The zero-order chi connectivity index (χ0) is 15.8. The van der Waals surface area contributed by atoms with Gasteiger partial charge in [0.15, 0.2) is 0 Å². The van der Waals surface area contributed by atoms with E-state index in [1.165, 1.54) is 6.08 Å². The van der Waals surface area contributed by atoms with Gasteiger partial charge in [-0.05, 0) is 67.4 Å². The molecule has 2 rings (SSSR count). The molecule has 0 saturated carbocycles. The molecular formula is C15H19BBrFO3. The van der Waals surface area contributed by atoms with Crippen molar-refractivity contribution < 1.29 is 18.4 Å². The number of hydrogen-bond donors (Lipinski definition) is 0. The molecule has 3 nitrogen and oxygen atoms in total. The zero-order valence-electron chi connectivity index (χ0n) is 12.9. The van der Waals surface area contributed by atoms with Gasteiger partial charge >= 0.3 is 7.12 Å². The molecule has 0 radical (unpaired) electrons. The minimum atomic E-state index is -0.976. The highest BCUT2D eigenvalue weighted by molar-refractivity contribution is 9.10. The van der Waals surface area contributed by atoms with Crippen LogP contribution in [0, 0.1) is 0 Å². The summed E-state index contributed by atoms with van der Waals surface area (Å²) in [6.45, 7) is 7.57. The molecule has 0 aromatic heterocycles. The van der Waals surface area contributed by atoms with Crippen molar-refractivity contribution in [3.05, 3.63) is 34.0 Å². The van der Waals surface area contributed by atoms with Gasteiger partial charge in [0.2, 0.25) is 0 Å². The standard InChI is InChI=1S/C15H19BBrFO3/c1-14(2)15(3,4)21-16(20-14)13(18)9-10-6-7-12(19-5)11(17)8-10/h6-9H,1-5H3. The molecule has 1 saturated heterocycles. The zero-order valence-corrected chi connectivity index (χ0v) is 14.5. The van der Waals surface area contributed by atoms with Crippen LogP contribution in [0.3, 0.4) is 0 Å². The Balaban J connectivity index is 2.21. The lowest BCUT2D eigenvalue weighted by Gasteiger charge is -2.32. The SMILES string of the molecule is COc1ccc(C=C(F)B2OC(C)(C)C(C)(C)O2)cc1Br. The summed E-state index contributed by atoms with van der Waals surface area (Å²) in [4.78, 5) is 0. The van der Waals surface area contributed by atoms with Crippen molar-refractivity contribution in [2.24, 2.45) is 0 Å². The van der Waals surface area contributed by atoms with Gasteiger partial charge < -0.3 is 14.0 Å². The van der Waals surface area contributed by atoms with Crippen molar-refractivity contribution in [3.8, 4) is 5.75 Å². The maximum Gasteiger partial charge on any atom is 0.525 e. The molecule has 6 heteroatoms. The van der Waals surface area contributed by atoms with Crippen LogP contribution in [0.2, 0.25) is 0 Å². The summed E-state index contributed by atoms with van der Waals surface area (Å²) in [5.41, 5.74) is -0.854. The van der Waals surface area contributed by atoms with E-state index in [2.05, 4.69) is 15.9 Å². The van der Waals surface area contributed by atoms with Gasteiger partial charge in [-0.3, -0.25) is 0 Å². The second kappa shape index (κ2) is 5.74. The average Bonchev–Trinajstić information content (AvgIpc) is 2.59. The van der Waals surface area contributed by atoms with Crippen LogP contribution in [0.4, 0.5) is 4.39 Å². The molecule has 0 aliphatic carbocycles. The topological polar surface area (TPSA) is 27.7 Å². The van der Waals surface area contributed by atoms with Crippen LogP contribution in [-0.4, -0.2) is 25.4 Å². The van der Waals surface area contributed by atoms with Gasteiger partial charge in [0, 0.05) is 0 Å². The lowest BCUT2D eigenvalue weighted by molar-refractivity contribution is 0.00578. The summed E-state index contributed by atoms with van der Waals surface area (Å²) in [6.07, 6.45) is 1.41. The number of methoxy groups -OCH3 is 1. The maximum atomic E-state index is 14.4. The van der Waals surface area contributed by atoms with Gasteiger partial charge in [0.25, 0.3) is 0 Å². The molecule has 0 unspecified atom stereocenters. The third-order valence-corrected chi connectivity index (χ3v) is 4.58. The molecule has 114 valence electrons. The van der Waals surface area contributed by atoms with Crippen molar-refractivity contribution >= 4 is 29.1 Å². The van der Waals surface area contributed by atoms with Crippen LogP contribution in [0.15, 0.2) is 28.4 Å². The van der Waals surface area contributed by atoms with Gasteiger partial charge in [-0.2, -0.15) is 0 Å². The second-order valence-electron chi connectivity index (χ2n) is 6.01. The normalized spacial score (nSPS) is 20.7. The molecule has 1 heterocycles. The van der Waals surface area contributed by atoms with Gasteiger partial charge in [0.05, 0.1) is 22.8 Å². The van der Waals surface area contributed by atoms with Crippen LogP contribution in [0.25, 0.3) is 6.08 Å². The Morgan fingerprint density at radius 3 is 2.29 bits per heavy atom. The first-order valence-electron chi connectivity index (χ1n) is 6.72. The van der Waals surface area contributed by atoms with Gasteiger partial charge in [-0.1, -0.05) is 6.07 Å². The molecule has 0 spiro atoms. The molecule has 1 aliphatic heterocycles. The number of benzene rings is 1. The lowest BCUT2D eigenvalue weighted by atomic mass is 9.87. The first-order chi connectivity index (χ1) is 9.66. The van der Waals surface area contributed by atoms with E-state index in [0.717, 1.165) is 4.47 Å². The predicted molar refractivity (Wildman–Crippen MR) is 85.9 cm³/mol. The highest BCUT2D eigenvalue weighted by Crippen LogP contribution is 2.39. The van der Waals surface area contributed by atoms with E-state index in [1.807, 2.05) is 27.7 Å². The lowest BCUT2D eigenvalue weighted by Crippen LogP contribution is -2.41. The summed E-state index contributed by atoms with van der Waals surface area (Å²) < 4.78 is 31.6. The van der Waals surface area contributed by atoms with Crippen molar-refractivity contribution in [1.29, 1.82) is 0 Å². The molecule has 0 bridgehead atoms. The summed E-state index contributed by atoms with van der Waals surface area (Å²) >= 11 is 3.38. The molecule has 1 aromatic rings. The molecule has 1 aromatic carbocycles. The molecule has 1 fully saturated rings. The Bertz CT molecular complexity index is 556. The highest BCUT2D eigenvalue weighted by Gasteiger charge is 2.53. The van der Waals surface area contributed by atoms with Gasteiger partial charge in [-0.25, -0.2) is 4.39 Å². The average molecular weight is 357 g/mol. The van der Waals surface area contributed by atoms with E-state index >= 15 is 0 Å². The van der Waals surface area contributed by atoms with E-state index in [-0.39, 0.29) is 0 Å². The number of ether oxygens (including phenoxy) is 1. The Morgan fingerprint density at radius 1 is 1.24 bits per heavy atom. The number of rotatable bonds is 3. The largest absolute Gasteiger partial charge is 0.525 e. The van der Waals surface area contributed by atoms with E-state index in [4.69, 9.17) is 14.0 Å². The maximum absolute atomic E-state index is 14.4. The Kier molecular flexibility index (Phi) is 4.52. The van der Waals surface area contributed by atoms with Crippen molar-refractivity contribution in [3.63, 3.8) is 0 Å². The first kappa shape index (κ1) is 16.5. The predicted octanol–water partition coefficient (Wildman–Crippen LogP) is 4.40. The van der Waals surface area contributed by atoms with E-state index in [1.54, 1.807) is 25.3 Å². The third-order valence-electron chi connectivity index (χ3n) is 3.96. The van der Waals surface area contributed by atoms with Crippen LogP contribution in [0.5, 0.6) is 5.75 Å². The smallest absolute Gasteiger partial charge is 0.496 e. The molecule has 0 N–H and O–H groups in total. The molecule has 1 aliphatic rings. The fourth-order valence-corrected chi connectivity index (χ4v) is 2.51. The third kappa shape index (κ3) is 3.33. The van der Waals surface area contributed by atoms with Crippen LogP contribution in [0.1, 0.15) is 33.3 Å². The summed E-state index contributed by atoms with van der Waals surface area (Å²) in [5.74, 6) is 0.697. The Labute approximate surface area is 133 Å². The van der Waals surface area contributed by atoms with Crippen LogP contribution >= 0.6 is 15.9 Å². The molecule has 0 amide bonds. The number of halogens is 2. The fourth-order valence-electron chi connectivity index (χ4n) is 1.96. The van der Waals surface area contributed by atoms with Crippen molar-refractivity contribution in [2.45, 2.75) is 38.9 Å². The minimum Gasteiger partial charge on any atom is -0.496 e. The van der Waals surface area contributed by atoms with Gasteiger partial charge in [-0.15, -0.1) is 0 Å². The molecular weight excluding hydrogens is 338 g/mol. The Morgan fingerprint density at radius 2 is 1.81 bits per heavy atom. The Hall–Kier alpha value is -0.845. The highest BCUT2D eigenvalue weighted by atomic mass is 79.9. The van der Waals surface area contributed by atoms with Gasteiger partial charge in [0.1, 0.15) is 11.5 Å². The summed E-state index contributed by atoms with van der Waals surface area (Å²) in [7, 11) is 0.608. The minimum absolute atomic E-state index is 0.453. The second-order valence-corrected chi connectivity index (χ2v) is 6.87.